The number of halogens is 31. The van der Waals surface area contributed by atoms with E-state index in [0.29, 0.717) is 0 Å². The highest BCUT2D eigenvalue weighted by atomic mass is 19.4. The summed E-state index contributed by atoms with van der Waals surface area (Å²) < 4.78 is 422. The Balaban J connectivity index is 8.21. The summed E-state index contributed by atoms with van der Waals surface area (Å²) >= 11 is 0. The van der Waals surface area contributed by atoms with E-state index in [4.69, 9.17) is 0 Å². The lowest BCUT2D eigenvalue weighted by molar-refractivity contribution is -0.480. The Bertz CT molecular complexity index is 1330. The molecule has 0 aromatic rings. The predicted octanol–water partition coefficient (Wildman–Crippen LogP) is 10.2. The molecular weight excluding hydrogens is 849 g/mol. The lowest BCUT2D eigenvalue weighted by Crippen LogP contribution is -2.81. The fourth-order valence-corrected chi connectivity index (χ4v) is 3.04. The van der Waals surface area contributed by atoms with Crippen LogP contribution in [0.4, 0.5) is 136 Å². The van der Waals surface area contributed by atoms with Crippen LogP contribution in [0.2, 0.25) is 0 Å². The Morgan fingerprint density at radius 3 is 0.692 bits per heavy atom. The zero-order chi connectivity index (χ0) is 43.2. The first kappa shape index (κ1) is 49.0. The molecule has 0 heterocycles. The zero-order valence-corrected chi connectivity index (χ0v) is 22.5. The van der Waals surface area contributed by atoms with Crippen LogP contribution in [0.5, 0.6) is 0 Å². The van der Waals surface area contributed by atoms with Crippen molar-refractivity contribution in [1.29, 1.82) is 0 Å². The van der Waals surface area contributed by atoms with Gasteiger partial charge < -0.3 is 4.74 Å². The van der Waals surface area contributed by atoms with Crippen molar-refractivity contribution in [3.8, 4) is 0 Å². The normalized spacial score (nSPS) is 17.5. The SMILES string of the molecule is C=CC(=O)OCC(F)(C(F)(F)C(F)(F)C(F)(F)C(F)(F)C(F)(F)C(F)(F)F)C(F)(F)C(F)(F)C(F)(F)C(F)(F)C(F)(F)C(F)(F)C(F)(F)C(F)(F)F. The van der Waals surface area contributed by atoms with Crippen LogP contribution in [0.1, 0.15) is 0 Å². The summed E-state index contributed by atoms with van der Waals surface area (Å²) in [6.45, 7) is -2.91. The van der Waals surface area contributed by atoms with Gasteiger partial charge in [0.25, 0.3) is 5.67 Å². The molecular formula is C19H5F31O2. The van der Waals surface area contributed by atoms with E-state index >= 15 is 4.39 Å². The molecule has 52 heavy (non-hydrogen) atoms. The van der Waals surface area contributed by atoms with E-state index in [1.165, 1.54) is 0 Å². The van der Waals surface area contributed by atoms with E-state index in [1.807, 2.05) is 0 Å². The fraction of sp³-hybridized carbons (Fsp3) is 0.842. The first-order valence-corrected chi connectivity index (χ1v) is 11.1. The van der Waals surface area contributed by atoms with Gasteiger partial charge in [-0.15, -0.1) is 0 Å². The van der Waals surface area contributed by atoms with Gasteiger partial charge in [0.15, 0.2) is 0 Å². The minimum atomic E-state index is -9.95. The number of rotatable bonds is 15. The number of alkyl halides is 31. The van der Waals surface area contributed by atoms with Crippen molar-refractivity contribution in [3.05, 3.63) is 12.7 Å². The zero-order valence-electron chi connectivity index (χ0n) is 22.5. The van der Waals surface area contributed by atoms with E-state index in [2.05, 4.69) is 11.3 Å². The van der Waals surface area contributed by atoms with Gasteiger partial charge in [0.05, 0.1) is 0 Å². The molecule has 0 aliphatic heterocycles. The summed E-state index contributed by atoms with van der Waals surface area (Å²) in [5, 5.41) is 0. The van der Waals surface area contributed by atoms with Crippen molar-refractivity contribution < 1.29 is 146 Å². The fourth-order valence-electron chi connectivity index (χ4n) is 3.04. The number of hydrogen-bond acceptors (Lipinski definition) is 2. The minimum Gasteiger partial charge on any atom is -0.459 e. The van der Waals surface area contributed by atoms with Crippen molar-refractivity contribution in [2.24, 2.45) is 0 Å². The maximum atomic E-state index is 15.1. The Labute approximate surface area is 261 Å². The summed E-state index contributed by atoms with van der Waals surface area (Å²) in [6.07, 6.45) is -17.5. The highest BCUT2D eigenvalue weighted by Gasteiger charge is 3.01. The van der Waals surface area contributed by atoms with Gasteiger partial charge >= 0.3 is 89.4 Å². The molecule has 33 heteroatoms. The van der Waals surface area contributed by atoms with Gasteiger partial charge in [0.1, 0.15) is 6.61 Å². The molecule has 0 N–H and O–H groups in total. The lowest BCUT2D eigenvalue weighted by Gasteiger charge is -2.48. The molecule has 0 aromatic heterocycles. The second-order valence-corrected chi connectivity index (χ2v) is 9.50. The Hall–Kier alpha value is -2.96. The first-order chi connectivity index (χ1) is 22.0. The highest BCUT2D eigenvalue weighted by molar-refractivity contribution is 5.81. The average molecular weight is 854 g/mol. The summed E-state index contributed by atoms with van der Waals surface area (Å²) in [5.74, 6) is -118. The number of ether oxygens (including phenoxy) is 1. The quantitative estimate of drug-likeness (QED) is 0.0932. The van der Waals surface area contributed by atoms with Crippen molar-refractivity contribution >= 4 is 5.97 Å². The lowest BCUT2D eigenvalue weighted by atomic mass is 9.77. The second kappa shape index (κ2) is 12.3. The molecule has 0 saturated carbocycles. The smallest absolute Gasteiger partial charge is 0.459 e. The van der Waals surface area contributed by atoms with Crippen LogP contribution in [0.25, 0.3) is 0 Å². The molecule has 0 fully saturated rings. The third kappa shape index (κ3) is 5.81. The van der Waals surface area contributed by atoms with E-state index in [0.717, 1.165) is 0 Å². The largest absolute Gasteiger partial charge is 0.460 e. The van der Waals surface area contributed by atoms with E-state index in [9.17, 15) is 137 Å². The summed E-state index contributed by atoms with van der Waals surface area (Å²) in [4.78, 5) is 10.9. The third-order valence-corrected chi connectivity index (χ3v) is 6.23. The molecule has 0 aromatic carbocycles. The van der Waals surface area contributed by atoms with Gasteiger partial charge in [0.2, 0.25) is 0 Å². The van der Waals surface area contributed by atoms with Gasteiger partial charge in [-0.3, -0.25) is 0 Å². The van der Waals surface area contributed by atoms with Crippen molar-refractivity contribution in [1.82, 2.24) is 0 Å². The molecule has 2 nitrogen and oxygen atoms in total. The molecule has 0 aliphatic carbocycles. The maximum absolute atomic E-state index is 15.1. The van der Waals surface area contributed by atoms with Gasteiger partial charge in [-0.05, 0) is 0 Å². The van der Waals surface area contributed by atoms with Crippen molar-refractivity contribution in [3.63, 3.8) is 0 Å². The molecule has 0 amide bonds. The van der Waals surface area contributed by atoms with Crippen molar-refractivity contribution in [2.45, 2.75) is 89.1 Å². The molecule has 0 aliphatic rings. The number of hydrogen-bond donors (Lipinski definition) is 0. The Morgan fingerprint density at radius 1 is 0.346 bits per heavy atom. The summed E-state index contributed by atoms with van der Waals surface area (Å²) in [7, 11) is 0. The molecule has 0 bridgehead atoms. The minimum absolute atomic E-state index is 0.814. The van der Waals surface area contributed by atoms with Crippen LogP contribution in [-0.2, 0) is 9.53 Å². The van der Waals surface area contributed by atoms with Gasteiger partial charge in [-0.2, -0.15) is 132 Å². The molecule has 310 valence electrons. The summed E-state index contributed by atoms with van der Waals surface area (Å²) in [5.41, 5.74) is -9.05. The summed E-state index contributed by atoms with van der Waals surface area (Å²) in [6, 6.07) is 0. The van der Waals surface area contributed by atoms with Crippen LogP contribution >= 0.6 is 0 Å². The van der Waals surface area contributed by atoms with Crippen LogP contribution in [0.15, 0.2) is 12.7 Å². The average Bonchev–Trinajstić information content (AvgIpc) is 2.92. The predicted molar refractivity (Wildman–Crippen MR) is 96.5 cm³/mol. The van der Waals surface area contributed by atoms with Gasteiger partial charge in [-0.25, -0.2) is 9.18 Å². The molecule has 0 radical (unpaired) electrons. The van der Waals surface area contributed by atoms with Crippen molar-refractivity contribution in [2.75, 3.05) is 6.61 Å². The third-order valence-electron chi connectivity index (χ3n) is 6.23. The molecule has 1 unspecified atom stereocenters. The molecule has 0 rings (SSSR count). The van der Waals surface area contributed by atoms with E-state index < -0.39 is 108 Å². The topological polar surface area (TPSA) is 26.3 Å². The van der Waals surface area contributed by atoms with Crippen LogP contribution in [0, 0.1) is 0 Å². The molecule has 0 spiro atoms. The molecule has 0 saturated heterocycles. The number of carbonyl (C=O) groups excluding carboxylic acids is 1. The standard InChI is InChI=1S/C19H5F31O2/c1-2-4(51)52-3-5(20,7(23,24)9(27,28)11(31,32)14(37,38)16(41,42)18(45,46)47)6(21,22)8(25,26)10(29,30)12(33,34)13(35,36)15(39,40)17(43,44)19(48,49)50/h2H,1,3H2. The number of carbonyl (C=O) groups is 1. The highest BCUT2D eigenvalue weighted by Crippen LogP contribution is 2.69. The van der Waals surface area contributed by atoms with E-state index in [-0.39, 0.29) is 0 Å². The second-order valence-electron chi connectivity index (χ2n) is 9.50. The first-order valence-electron chi connectivity index (χ1n) is 11.1. The maximum Gasteiger partial charge on any atom is 0.460 e. The van der Waals surface area contributed by atoms with Crippen LogP contribution in [0.3, 0.4) is 0 Å². The van der Waals surface area contributed by atoms with E-state index in [1.54, 1.807) is 0 Å². The number of esters is 1. The Kier molecular flexibility index (Phi) is 11.6. The molecule has 1 atom stereocenters. The van der Waals surface area contributed by atoms with Crippen LogP contribution in [-0.4, -0.2) is 102 Å². The van der Waals surface area contributed by atoms with Gasteiger partial charge in [0, 0.05) is 6.08 Å². The van der Waals surface area contributed by atoms with Gasteiger partial charge in [-0.1, -0.05) is 6.58 Å². The monoisotopic (exact) mass is 854 g/mol. The Morgan fingerprint density at radius 2 is 0.519 bits per heavy atom. The van der Waals surface area contributed by atoms with Crippen LogP contribution < -0.4 is 0 Å².